The van der Waals surface area contributed by atoms with E-state index in [1.165, 1.54) is 12.5 Å². The molecule has 1 aromatic rings. The Balaban J connectivity index is 2.14. The van der Waals surface area contributed by atoms with Gasteiger partial charge in [-0.25, -0.2) is 0 Å². The van der Waals surface area contributed by atoms with E-state index in [9.17, 15) is 13.2 Å². The van der Waals surface area contributed by atoms with Gasteiger partial charge in [0.1, 0.15) is 0 Å². The molecule has 0 bridgehead atoms. The molecule has 1 heterocycles. The highest BCUT2D eigenvalue weighted by Crippen LogP contribution is 2.35. The zero-order valence-electron chi connectivity index (χ0n) is 15.3. The SMILES string of the molecule is CC1CCCN(CCc2ccc(C(C)(C)C)cc2C(F)(F)F)CC1. The van der Waals surface area contributed by atoms with Gasteiger partial charge in [-0.1, -0.05) is 39.8 Å². The molecule has 0 aliphatic carbocycles. The molecule has 4 heteroatoms. The number of hydrogen-bond donors (Lipinski definition) is 0. The quantitative estimate of drug-likeness (QED) is 0.685. The topological polar surface area (TPSA) is 3.24 Å². The molecular weight excluding hydrogens is 311 g/mol. The molecule has 0 spiro atoms. The van der Waals surface area contributed by atoms with E-state index >= 15 is 0 Å². The summed E-state index contributed by atoms with van der Waals surface area (Å²) in [6.07, 6.45) is -0.298. The van der Waals surface area contributed by atoms with Gasteiger partial charge in [0.05, 0.1) is 5.56 Å². The third kappa shape index (κ3) is 5.23. The van der Waals surface area contributed by atoms with Crippen molar-refractivity contribution in [3.63, 3.8) is 0 Å². The summed E-state index contributed by atoms with van der Waals surface area (Å²) in [5.74, 6) is 0.729. The summed E-state index contributed by atoms with van der Waals surface area (Å²) in [5.41, 5.74) is 0.424. The summed E-state index contributed by atoms with van der Waals surface area (Å²) < 4.78 is 40.5. The summed E-state index contributed by atoms with van der Waals surface area (Å²) in [4.78, 5) is 2.32. The number of benzene rings is 1. The van der Waals surface area contributed by atoms with Gasteiger partial charge in [0, 0.05) is 6.54 Å². The average Bonchev–Trinajstić information content (AvgIpc) is 2.67. The van der Waals surface area contributed by atoms with Crippen LogP contribution in [0.2, 0.25) is 0 Å². The van der Waals surface area contributed by atoms with Crippen LogP contribution in [0.4, 0.5) is 13.2 Å². The Morgan fingerprint density at radius 3 is 2.42 bits per heavy atom. The van der Waals surface area contributed by atoms with Crippen LogP contribution < -0.4 is 0 Å². The van der Waals surface area contributed by atoms with Crippen LogP contribution in [0, 0.1) is 5.92 Å². The lowest BCUT2D eigenvalue weighted by Gasteiger charge is -2.24. The summed E-state index contributed by atoms with van der Waals surface area (Å²) in [6.45, 7) is 10.8. The van der Waals surface area contributed by atoms with Gasteiger partial charge in [0.2, 0.25) is 0 Å². The van der Waals surface area contributed by atoms with E-state index in [4.69, 9.17) is 0 Å². The Kier molecular flexibility index (Phi) is 6.00. The third-order valence-corrected chi connectivity index (χ3v) is 5.09. The van der Waals surface area contributed by atoms with Crippen molar-refractivity contribution in [2.24, 2.45) is 5.92 Å². The van der Waals surface area contributed by atoms with Crippen LogP contribution in [0.25, 0.3) is 0 Å². The molecule has 1 aromatic carbocycles. The van der Waals surface area contributed by atoms with Gasteiger partial charge in [-0.05, 0) is 67.3 Å². The van der Waals surface area contributed by atoms with E-state index in [2.05, 4.69) is 11.8 Å². The molecule has 1 atom stereocenters. The van der Waals surface area contributed by atoms with E-state index in [1.807, 2.05) is 26.8 Å². The molecule has 1 unspecified atom stereocenters. The molecule has 0 aromatic heterocycles. The predicted octanol–water partition coefficient (Wildman–Crippen LogP) is 5.67. The summed E-state index contributed by atoms with van der Waals surface area (Å²) in [7, 11) is 0. The first-order valence-corrected chi connectivity index (χ1v) is 9.00. The normalized spacial score (nSPS) is 20.9. The summed E-state index contributed by atoms with van der Waals surface area (Å²) in [6, 6.07) is 4.89. The first kappa shape index (κ1) is 19.3. The van der Waals surface area contributed by atoms with Crippen LogP contribution in [0.3, 0.4) is 0 Å². The first-order valence-electron chi connectivity index (χ1n) is 9.00. The molecule has 2 rings (SSSR count). The second-order valence-electron chi connectivity index (χ2n) is 8.25. The third-order valence-electron chi connectivity index (χ3n) is 5.09. The maximum absolute atomic E-state index is 13.5. The van der Waals surface area contributed by atoms with E-state index in [1.54, 1.807) is 6.07 Å². The number of hydrogen-bond acceptors (Lipinski definition) is 1. The maximum Gasteiger partial charge on any atom is 0.416 e. The lowest BCUT2D eigenvalue weighted by molar-refractivity contribution is -0.138. The molecule has 1 fully saturated rings. The molecule has 0 saturated carbocycles. The molecule has 0 N–H and O–H groups in total. The fraction of sp³-hybridized carbons (Fsp3) is 0.700. The molecule has 1 saturated heterocycles. The zero-order chi connectivity index (χ0) is 18.0. The minimum atomic E-state index is -4.29. The maximum atomic E-state index is 13.5. The van der Waals surface area contributed by atoms with E-state index in [0.29, 0.717) is 18.5 Å². The van der Waals surface area contributed by atoms with Gasteiger partial charge in [0.15, 0.2) is 0 Å². The minimum absolute atomic E-state index is 0.278. The van der Waals surface area contributed by atoms with Crippen LogP contribution in [0.5, 0.6) is 0 Å². The lowest BCUT2D eigenvalue weighted by Crippen LogP contribution is -2.28. The van der Waals surface area contributed by atoms with Gasteiger partial charge in [0.25, 0.3) is 0 Å². The molecule has 1 aliphatic heterocycles. The molecular formula is C20H30F3N. The number of likely N-dealkylation sites (tertiary alicyclic amines) is 1. The van der Waals surface area contributed by atoms with Crippen molar-refractivity contribution in [3.05, 3.63) is 34.9 Å². The highest BCUT2D eigenvalue weighted by molar-refractivity contribution is 5.37. The summed E-state index contributed by atoms with van der Waals surface area (Å²) in [5, 5.41) is 0. The molecule has 136 valence electrons. The van der Waals surface area contributed by atoms with Gasteiger partial charge >= 0.3 is 6.18 Å². The predicted molar refractivity (Wildman–Crippen MR) is 93.3 cm³/mol. The van der Waals surface area contributed by atoms with Crippen molar-refractivity contribution in [1.82, 2.24) is 4.90 Å². The number of alkyl halides is 3. The van der Waals surface area contributed by atoms with Gasteiger partial charge < -0.3 is 4.90 Å². The van der Waals surface area contributed by atoms with Crippen LogP contribution in [0.1, 0.15) is 63.6 Å². The Bertz CT molecular complexity index is 543. The Labute approximate surface area is 144 Å². The van der Waals surface area contributed by atoms with Crippen molar-refractivity contribution in [1.29, 1.82) is 0 Å². The first-order chi connectivity index (χ1) is 11.1. The van der Waals surface area contributed by atoms with Crippen LogP contribution in [-0.2, 0) is 18.0 Å². The van der Waals surface area contributed by atoms with Crippen molar-refractivity contribution >= 4 is 0 Å². The molecule has 0 amide bonds. The van der Waals surface area contributed by atoms with Crippen molar-refractivity contribution < 1.29 is 13.2 Å². The molecule has 1 nitrogen and oxygen atoms in total. The van der Waals surface area contributed by atoms with Gasteiger partial charge in [-0.2, -0.15) is 13.2 Å². The van der Waals surface area contributed by atoms with Crippen LogP contribution >= 0.6 is 0 Å². The van der Waals surface area contributed by atoms with E-state index in [-0.39, 0.29) is 5.41 Å². The smallest absolute Gasteiger partial charge is 0.303 e. The Hall–Kier alpha value is -1.03. The number of nitrogens with zero attached hydrogens (tertiary/aromatic N) is 1. The van der Waals surface area contributed by atoms with Crippen molar-refractivity contribution in [3.8, 4) is 0 Å². The molecule has 0 radical (unpaired) electrons. The fourth-order valence-electron chi connectivity index (χ4n) is 3.35. The van der Waals surface area contributed by atoms with Gasteiger partial charge in [-0.15, -0.1) is 0 Å². The number of halogens is 3. The minimum Gasteiger partial charge on any atom is -0.303 e. The second-order valence-corrected chi connectivity index (χ2v) is 8.25. The Morgan fingerprint density at radius 1 is 1.08 bits per heavy atom. The van der Waals surface area contributed by atoms with Crippen LogP contribution in [-0.4, -0.2) is 24.5 Å². The average molecular weight is 341 g/mol. The van der Waals surface area contributed by atoms with Gasteiger partial charge in [-0.3, -0.25) is 0 Å². The van der Waals surface area contributed by atoms with Crippen LogP contribution in [0.15, 0.2) is 18.2 Å². The van der Waals surface area contributed by atoms with E-state index in [0.717, 1.165) is 37.4 Å². The fourth-order valence-corrected chi connectivity index (χ4v) is 3.35. The highest BCUT2D eigenvalue weighted by atomic mass is 19.4. The largest absolute Gasteiger partial charge is 0.416 e. The number of rotatable bonds is 3. The zero-order valence-corrected chi connectivity index (χ0v) is 15.3. The molecule has 24 heavy (non-hydrogen) atoms. The second kappa shape index (κ2) is 7.47. The highest BCUT2D eigenvalue weighted by Gasteiger charge is 2.34. The lowest BCUT2D eigenvalue weighted by atomic mass is 9.84. The standard InChI is InChI=1S/C20H30F3N/c1-15-6-5-11-24(12-9-15)13-10-16-7-8-17(19(2,3)4)14-18(16)20(21,22)23/h7-8,14-15H,5-6,9-13H2,1-4H3. The Morgan fingerprint density at radius 2 is 1.79 bits per heavy atom. The monoisotopic (exact) mass is 341 g/mol. The van der Waals surface area contributed by atoms with Crippen molar-refractivity contribution in [2.75, 3.05) is 19.6 Å². The van der Waals surface area contributed by atoms with E-state index < -0.39 is 11.7 Å². The summed E-state index contributed by atoms with van der Waals surface area (Å²) >= 11 is 0. The molecule has 1 aliphatic rings. The van der Waals surface area contributed by atoms with Crippen molar-refractivity contribution in [2.45, 2.75) is 65.0 Å².